The molecule has 8 bridgehead atoms. The minimum atomic E-state index is -2.20. The minimum Gasteiger partial charge on any atom is -0.511 e. The highest BCUT2D eigenvalue weighted by atomic mass is 16.8. The molecule has 8 nitrogen and oxygen atoms in total. The molecule has 5 aliphatic rings. The van der Waals surface area contributed by atoms with E-state index < -0.39 is 57.0 Å². The molecule has 194 valence electrons. The quantitative estimate of drug-likeness (QED) is 0.238. The highest BCUT2D eigenvalue weighted by Crippen LogP contribution is 2.84. The van der Waals surface area contributed by atoms with Gasteiger partial charge in [0.05, 0.1) is 10.8 Å². The van der Waals surface area contributed by atoms with E-state index in [2.05, 4.69) is 0 Å². The fraction of sp³-hybridized carbons (Fsp3) is 0.571. The number of ketones is 2. The van der Waals surface area contributed by atoms with Gasteiger partial charge in [0.2, 0.25) is 11.6 Å². The third-order valence-electron chi connectivity index (χ3n) is 9.69. The summed E-state index contributed by atoms with van der Waals surface area (Å²) in [7, 11) is 0. The molecule has 1 saturated carbocycles. The van der Waals surface area contributed by atoms with Gasteiger partial charge in [-0.3, -0.25) is 9.59 Å². The maximum Gasteiger partial charge on any atom is 0.209 e. The molecule has 2 aliphatic heterocycles. The van der Waals surface area contributed by atoms with Crippen LogP contribution < -0.4 is 0 Å². The fourth-order valence-electron chi connectivity index (χ4n) is 8.17. The lowest BCUT2D eigenvalue weighted by molar-refractivity contribution is -0.452. The van der Waals surface area contributed by atoms with Crippen molar-refractivity contribution >= 4 is 11.6 Å². The van der Waals surface area contributed by atoms with Crippen LogP contribution in [0.2, 0.25) is 0 Å². The number of rotatable bonds is 7. The van der Waals surface area contributed by atoms with Gasteiger partial charge in [-0.1, -0.05) is 30.4 Å². The largest absolute Gasteiger partial charge is 0.511 e. The zero-order valence-electron chi connectivity index (χ0n) is 21.5. The summed E-state index contributed by atoms with van der Waals surface area (Å²) in [4.78, 5) is 27.2. The van der Waals surface area contributed by atoms with Crippen molar-refractivity contribution < 1.29 is 39.5 Å². The van der Waals surface area contributed by atoms with Crippen LogP contribution in [-0.4, -0.2) is 54.8 Å². The van der Waals surface area contributed by atoms with Gasteiger partial charge in [-0.2, -0.15) is 0 Å². The Morgan fingerprint density at radius 1 is 0.833 bits per heavy atom. The van der Waals surface area contributed by atoms with E-state index in [-0.39, 0.29) is 29.1 Å². The second kappa shape index (κ2) is 7.07. The summed E-state index contributed by atoms with van der Waals surface area (Å²) in [5.41, 5.74) is -7.07. The highest BCUT2D eigenvalue weighted by Gasteiger charge is 2.97. The van der Waals surface area contributed by atoms with E-state index >= 15 is 0 Å². The minimum absolute atomic E-state index is 0.00680. The van der Waals surface area contributed by atoms with Crippen LogP contribution in [0.1, 0.15) is 54.4 Å². The molecule has 3 aliphatic carbocycles. The molecule has 2 unspecified atom stereocenters. The van der Waals surface area contributed by atoms with E-state index in [1.807, 2.05) is 19.1 Å². The van der Waals surface area contributed by atoms with Crippen LogP contribution >= 0.6 is 0 Å². The average molecular weight is 499 g/mol. The zero-order valence-corrected chi connectivity index (χ0v) is 21.5. The summed E-state index contributed by atoms with van der Waals surface area (Å²) in [5.74, 6) is -8.56. The summed E-state index contributed by atoms with van der Waals surface area (Å²) in [6, 6.07) is 0. The molecule has 36 heavy (non-hydrogen) atoms. The number of allylic oxidation sites excluding steroid dienone is 6. The van der Waals surface area contributed by atoms with Crippen LogP contribution in [0.25, 0.3) is 0 Å². The molecular weight excluding hydrogens is 464 g/mol. The number of aliphatic hydroxyl groups excluding tert-OH is 2. The van der Waals surface area contributed by atoms with Crippen LogP contribution in [0.15, 0.2) is 59.1 Å². The highest BCUT2D eigenvalue weighted by molar-refractivity contribution is 6.06. The van der Waals surface area contributed by atoms with E-state index in [1.165, 1.54) is 39.8 Å². The lowest BCUT2D eigenvalue weighted by Gasteiger charge is -2.58. The first kappa shape index (κ1) is 25.1. The van der Waals surface area contributed by atoms with Gasteiger partial charge >= 0.3 is 0 Å². The smallest absolute Gasteiger partial charge is 0.209 e. The van der Waals surface area contributed by atoms with Gasteiger partial charge < -0.3 is 29.9 Å². The van der Waals surface area contributed by atoms with Gasteiger partial charge in [0.25, 0.3) is 0 Å². The summed E-state index contributed by atoms with van der Waals surface area (Å²) >= 11 is 0. The third kappa shape index (κ3) is 2.19. The second-order valence-corrected chi connectivity index (χ2v) is 11.3. The third-order valence-corrected chi connectivity index (χ3v) is 9.69. The topological polar surface area (TPSA) is 134 Å². The van der Waals surface area contributed by atoms with Crippen LogP contribution in [0.5, 0.6) is 0 Å². The molecule has 2 saturated heterocycles. The van der Waals surface area contributed by atoms with Crippen molar-refractivity contribution in [3.05, 3.63) is 59.1 Å². The Morgan fingerprint density at radius 2 is 1.33 bits per heavy atom. The molecule has 2 heterocycles. The molecule has 0 aromatic carbocycles. The maximum absolute atomic E-state index is 13.6. The number of Topliss-reactive ketones (excluding diaryl/α,β-unsaturated/α-hetero) is 1. The Kier molecular flexibility index (Phi) is 4.94. The first-order valence-electron chi connectivity index (χ1n) is 12.4. The summed E-state index contributed by atoms with van der Waals surface area (Å²) in [6.45, 7) is 9.70. The molecule has 0 spiro atoms. The number of carbonyl (C=O) groups is 2. The van der Waals surface area contributed by atoms with Crippen molar-refractivity contribution in [3.8, 4) is 0 Å². The lowest BCUT2D eigenvalue weighted by atomic mass is 9.42. The van der Waals surface area contributed by atoms with Gasteiger partial charge in [0.15, 0.2) is 11.6 Å². The standard InChI is InChI=1S/C28H34O8/c1-7-9-11-13-15(29)17-19-23(3)22(32)18(16(30)14-12-10-8-2)20-24(4,21(17)31)28(34)25(19,5)35-27(23,33)26(20,6)36-28/h7-11,13,19-20,31-34H,12,14H2,1-6H3/b9-7+,10-8+,13-11+/t19?,20?,23-,24-,25+,26+,27-,28-/m1/s1. The number of carbonyl (C=O) groups excluding carboxylic acids is 2. The normalized spacial score (nSPS) is 48.6. The fourth-order valence-corrected chi connectivity index (χ4v) is 8.17. The van der Waals surface area contributed by atoms with Crippen molar-refractivity contribution in [2.24, 2.45) is 22.7 Å². The average Bonchev–Trinajstić information content (AvgIpc) is 3.12. The lowest BCUT2D eigenvalue weighted by Crippen LogP contribution is -2.70. The van der Waals surface area contributed by atoms with E-state index in [1.54, 1.807) is 19.1 Å². The van der Waals surface area contributed by atoms with E-state index in [0.717, 1.165) is 0 Å². The predicted octanol–water partition coefficient (Wildman–Crippen LogP) is 3.48. The van der Waals surface area contributed by atoms with Crippen molar-refractivity contribution in [3.63, 3.8) is 0 Å². The Labute approximate surface area is 210 Å². The molecule has 0 aromatic rings. The van der Waals surface area contributed by atoms with Gasteiger partial charge in [-0.15, -0.1) is 0 Å². The van der Waals surface area contributed by atoms with Crippen molar-refractivity contribution in [2.45, 2.75) is 77.2 Å². The first-order valence-corrected chi connectivity index (χ1v) is 12.4. The van der Waals surface area contributed by atoms with Gasteiger partial charge in [-0.05, 0) is 54.0 Å². The second-order valence-electron chi connectivity index (χ2n) is 11.3. The Morgan fingerprint density at radius 3 is 1.83 bits per heavy atom. The van der Waals surface area contributed by atoms with Crippen LogP contribution in [0, 0.1) is 22.7 Å². The number of hydrogen-bond donors (Lipinski definition) is 4. The SMILES string of the molecule is C/C=C/C=C/C(=O)C1=C(O)[C@@]2(C)C3C(C(=O)CC/C=C/C)=C(O)[C@@]4(C)C1[C@]1(C)O[C@@]4(O)[C@@]3(C)O[C@@]12O. The molecular formula is C28H34O8. The van der Waals surface area contributed by atoms with Crippen molar-refractivity contribution in [1.82, 2.24) is 0 Å². The molecule has 0 amide bonds. The maximum atomic E-state index is 13.6. The molecule has 8 atom stereocenters. The Balaban J connectivity index is 1.86. The van der Waals surface area contributed by atoms with E-state index in [0.29, 0.717) is 6.42 Å². The number of ether oxygens (including phenoxy) is 2. The number of hydrogen-bond acceptors (Lipinski definition) is 8. The Hall–Kier alpha value is -2.52. The molecule has 8 heteroatoms. The van der Waals surface area contributed by atoms with Crippen LogP contribution in [0.3, 0.4) is 0 Å². The van der Waals surface area contributed by atoms with E-state index in [4.69, 9.17) is 9.47 Å². The first-order chi connectivity index (χ1) is 16.7. The van der Waals surface area contributed by atoms with E-state index in [9.17, 15) is 30.0 Å². The number of aliphatic hydroxyl groups is 4. The van der Waals surface area contributed by atoms with Crippen LogP contribution in [0.4, 0.5) is 0 Å². The predicted molar refractivity (Wildman–Crippen MR) is 129 cm³/mol. The zero-order chi connectivity index (χ0) is 26.7. The summed E-state index contributed by atoms with van der Waals surface area (Å²) in [6.07, 6.45) is 10.4. The molecule has 3 fully saturated rings. The molecule has 4 N–H and O–H groups in total. The summed E-state index contributed by atoms with van der Waals surface area (Å²) < 4.78 is 12.6. The molecule has 0 radical (unpaired) electrons. The Bertz CT molecular complexity index is 1240. The molecule has 5 rings (SSSR count). The monoisotopic (exact) mass is 498 g/mol. The van der Waals surface area contributed by atoms with Crippen molar-refractivity contribution in [1.29, 1.82) is 0 Å². The van der Waals surface area contributed by atoms with Crippen molar-refractivity contribution in [2.75, 3.05) is 0 Å². The molecule has 0 aromatic heterocycles. The van der Waals surface area contributed by atoms with Crippen LogP contribution in [-0.2, 0) is 19.1 Å². The van der Waals surface area contributed by atoms with Gasteiger partial charge in [0, 0.05) is 29.4 Å². The summed E-state index contributed by atoms with van der Waals surface area (Å²) in [5, 5.41) is 48.0. The van der Waals surface area contributed by atoms with Gasteiger partial charge in [0.1, 0.15) is 22.7 Å². The van der Waals surface area contributed by atoms with Gasteiger partial charge in [-0.25, -0.2) is 0 Å².